The zero-order valence-electron chi connectivity index (χ0n) is 23.9. The summed E-state index contributed by atoms with van der Waals surface area (Å²) in [5, 5.41) is 4.91. The summed E-state index contributed by atoms with van der Waals surface area (Å²) in [7, 11) is 3.22. The number of thioether (sulfide) groups is 1. The Hall–Kier alpha value is -4.08. The third kappa shape index (κ3) is 6.69. The van der Waals surface area contributed by atoms with Gasteiger partial charge in [-0.15, -0.1) is 0 Å². The number of rotatable bonds is 12. The average Bonchev–Trinajstić information content (AvgIpc) is 3.56. The lowest BCUT2D eigenvalue weighted by molar-refractivity contribution is -0.122. The molecule has 1 fully saturated rings. The van der Waals surface area contributed by atoms with Crippen molar-refractivity contribution in [1.82, 2.24) is 14.7 Å². The Bertz CT molecular complexity index is 1580. The first-order valence-electron chi connectivity index (χ1n) is 13.8. The van der Waals surface area contributed by atoms with Crippen LogP contribution in [0, 0.1) is 0 Å². The number of aromatic nitrogens is 2. The SMILES string of the molecule is CCCCOc1ccc(-c2nn(-c3ccccc3)cc2/C=C2\SC(=S)N(CCc3ccc(OC)c(OC)c3)C2=O)cc1. The highest BCUT2D eigenvalue weighted by Crippen LogP contribution is 2.36. The van der Waals surface area contributed by atoms with E-state index in [1.54, 1.807) is 19.1 Å². The first kappa shape index (κ1) is 29.4. The lowest BCUT2D eigenvalue weighted by Gasteiger charge is -2.15. The molecule has 0 unspecified atom stereocenters. The van der Waals surface area contributed by atoms with Crippen LogP contribution in [0.2, 0.25) is 0 Å². The van der Waals surface area contributed by atoms with E-state index < -0.39 is 0 Å². The molecule has 0 bridgehead atoms. The minimum Gasteiger partial charge on any atom is -0.494 e. The summed E-state index contributed by atoms with van der Waals surface area (Å²) in [6.07, 6.45) is 6.57. The molecule has 0 aliphatic carbocycles. The van der Waals surface area contributed by atoms with E-state index in [0.717, 1.165) is 46.7 Å². The van der Waals surface area contributed by atoms with Crippen LogP contribution in [-0.4, -0.2) is 52.3 Å². The van der Waals surface area contributed by atoms with E-state index in [1.807, 2.05) is 89.8 Å². The highest BCUT2D eigenvalue weighted by molar-refractivity contribution is 8.26. The first-order valence-corrected chi connectivity index (χ1v) is 15.1. The fraction of sp³-hybridized carbons (Fsp3) is 0.242. The summed E-state index contributed by atoms with van der Waals surface area (Å²) in [6.45, 7) is 3.30. The summed E-state index contributed by atoms with van der Waals surface area (Å²) in [4.78, 5) is 15.7. The Morgan fingerprint density at radius 1 is 0.976 bits per heavy atom. The molecule has 7 nitrogen and oxygen atoms in total. The molecular weight excluding hydrogens is 567 g/mol. The first-order chi connectivity index (χ1) is 20.5. The summed E-state index contributed by atoms with van der Waals surface area (Å²) in [5.74, 6) is 2.04. The molecule has 0 radical (unpaired) electrons. The molecule has 5 rings (SSSR count). The van der Waals surface area contributed by atoms with Gasteiger partial charge in [0.25, 0.3) is 5.91 Å². The van der Waals surface area contributed by atoms with Crippen LogP contribution in [0.4, 0.5) is 0 Å². The van der Waals surface area contributed by atoms with Gasteiger partial charge in [0.15, 0.2) is 11.5 Å². The summed E-state index contributed by atoms with van der Waals surface area (Å²) < 4.78 is 19.0. The molecule has 42 heavy (non-hydrogen) atoms. The maximum absolute atomic E-state index is 13.5. The molecule has 216 valence electrons. The zero-order chi connectivity index (χ0) is 29.5. The Morgan fingerprint density at radius 3 is 2.45 bits per heavy atom. The van der Waals surface area contributed by atoms with Gasteiger partial charge >= 0.3 is 0 Å². The van der Waals surface area contributed by atoms with Crippen molar-refractivity contribution in [2.45, 2.75) is 26.2 Å². The van der Waals surface area contributed by atoms with Crippen LogP contribution in [-0.2, 0) is 11.2 Å². The second kappa shape index (κ2) is 13.7. The maximum Gasteiger partial charge on any atom is 0.266 e. The van der Waals surface area contributed by atoms with Gasteiger partial charge in [-0.05, 0) is 73.0 Å². The van der Waals surface area contributed by atoms with E-state index in [9.17, 15) is 4.79 Å². The number of ether oxygens (including phenoxy) is 3. The van der Waals surface area contributed by atoms with Crippen molar-refractivity contribution in [1.29, 1.82) is 0 Å². The molecule has 4 aromatic rings. The van der Waals surface area contributed by atoms with E-state index in [2.05, 4.69) is 6.92 Å². The van der Waals surface area contributed by atoms with Gasteiger partial charge in [-0.25, -0.2) is 4.68 Å². The van der Waals surface area contributed by atoms with Crippen molar-refractivity contribution in [2.75, 3.05) is 27.4 Å². The summed E-state index contributed by atoms with van der Waals surface area (Å²) in [5.41, 5.74) is 4.50. The topological polar surface area (TPSA) is 65.8 Å². The predicted molar refractivity (Wildman–Crippen MR) is 173 cm³/mol. The molecule has 0 spiro atoms. The van der Waals surface area contributed by atoms with Crippen LogP contribution in [0.15, 0.2) is 83.9 Å². The molecule has 9 heteroatoms. The predicted octanol–water partition coefficient (Wildman–Crippen LogP) is 7.18. The second-order valence-electron chi connectivity index (χ2n) is 9.71. The fourth-order valence-corrected chi connectivity index (χ4v) is 5.88. The Morgan fingerprint density at radius 2 is 1.74 bits per heavy atom. The van der Waals surface area contributed by atoms with Crippen LogP contribution in [0.3, 0.4) is 0 Å². The van der Waals surface area contributed by atoms with E-state index in [-0.39, 0.29) is 5.91 Å². The van der Waals surface area contributed by atoms with Crippen molar-refractivity contribution >= 4 is 40.3 Å². The standard InChI is InChI=1S/C33H33N3O4S2/c1-4-5-19-40-27-14-12-24(13-15-27)31-25(22-36(34-31)26-9-7-6-8-10-26)21-30-32(37)35(33(41)42-30)18-17-23-11-16-28(38-2)29(20-23)39-3/h6-16,20-22H,4-5,17-19H2,1-3H3/b30-21-. The van der Waals surface area contributed by atoms with Gasteiger partial charge in [-0.2, -0.15) is 5.10 Å². The van der Waals surface area contributed by atoms with Gasteiger partial charge in [0, 0.05) is 23.9 Å². The highest BCUT2D eigenvalue weighted by atomic mass is 32.2. The molecule has 2 heterocycles. The van der Waals surface area contributed by atoms with Gasteiger partial charge in [-0.3, -0.25) is 9.69 Å². The van der Waals surface area contributed by atoms with Crippen molar-refractivity contribution in [3.63, 3.8) is 0 Å². The number of para-hydroxylation sites is 1. The van der Waals surface area contributed by atoms with Crippen molar-refractivity contribution in [3.05, 3.63) is 95.0 Å². The van der Waals surface area contributed by atoms with Crippen LogP contribution < -0.4 is 14.2 Å². The highest BCUT2D eigenvalue weighted by Gasteiger charge is 2.32. The van der Waals surface area contributed by atoms with Crippen LogP contribution in [0.5, 0.6) is 17.2 Å². The largest absolute Gasteiger partial charge is 0.494 e. The lowest BCUT2D eigenvalue weighted by Crippen LogP contribution is -2.30. The average molecular weight is 600 g/mol. The molecule has 1 saturated heterocycles. The van der Waals surface area contributed by atoms with E-state index >= 15 is 0 Å². The molecule has 0 atom stereocenters. The van der Waals surface area contributed by atoms with E-state index in [1.165, 1.54) is 11.8 Å². The molecule has 0 saturated carbocycles. The minimum atomic E-state index is -0.108. The molecule has 1 aromatic heterocycles. The van der Waals surface area contributed by atoms with Gasteiger partial charge in [0.1, 0.15) is 10.1 Å². The van der Waals surface area contributed by atoms with E-state index in [0.29, 0.717) is 40.3 Å². The molecule has 1 amide bonds. The van der Waals surface area contributed by atoms with Crippen LogP contribution in [0.25, 0.3) is 23.0 Å². The Kier molecular flexibility index (Phi) is 9.61. The van der Waals surface area contributed by atoms with E-state index in [4.69, 9.17) is 31.5 Å². The fourth-order valence-electron chi connectivity index (χ4n) is 4.58. The molecule has 3 aromatic carbocycles. The Balaban J connectivity index is 1.39. The molecule has 1 aliphatic heterocycles. The molecular formula is C33H33N3O4S2. The van der Waals surface area contributed by atoms with Crippen molar-refractivity contribution in [2.24, 2.45) is 0 Å². The van der Waals surface area contributed by atoms with Crippen LogP contribution >= 0.6 is 24.0 Å². The maximum atomic E-state index is 13.5. The zero-order valence-corrected chi connectivity index (χ0v) is 25.5. The number of unbranched alkanes of at least 4 members (excludes halogenated alkanes) is 1. The molecule has 1 aliphatic rings. The minimum absolute atomic E-state index is 0.108. The number of hydrogen-bond acceptors (Lipinski definition) is 7. The van der Waals surface area contributed by atoms with Gasteiger partial charge in [-0.1, -0.05) is 61.6 Å². The third-order valence-corrected chi connectivity index (χ3v) is 8.27. The number of carbonyl (C=O) groups is 1. The number of amides is 1. The quantitative estimate of drug-likeness (QED) is 0.0971. The van der Waals surface area contributed by atoms with Gasteiger partial charge in [0.2, 0.25) is 0 Å². The van der Waals surface area contributed by atoms with Crippen LogP contribution in [0.1, 0.15) is 30.9 Å². The van der Waals surface area contributed by atoms with Gasteiger partial charge < -0.3 is 14.2 Å². The molecule has 0 N–H and O–H groups in total. The smallest absolute Gasteiger partial charge is 0.266 e. The second-order valence-corrected chi connectivity index (χ2v) is 11.4. The Labute approximate surface area is 256 Å². The number of nitrogens with zero attached hydrogens (tertiary/aromatic N) is 3. The summed E-state index contributed by atoms with van der Waals surface area (Å²) >= 11 is 6.94. The van der Waals surface area contributed by atoms with Crippen molar-refractivity contribution < 1.29 is 19.0 Å². The number of carbonyl (C=O) groups excluding carboxylic acids is 1. The number of hydrogen-bond donors (Lipinski definition) is 0. The van der Waals surface area contributed by atoms with Gasteiger partial charge in [0.05, 0.1) is 37.1 Å². The number of benzene rings is 3. The van der Waals surface area contributed by atoms with Crippen molar-refractivity contribution in [3.8, 4) is 34.2 Å². The summed E-state index contributed by atoms with van der Waals surface area (Å²) in [6, 6.07) is 23.6. The third-order valence-electron chi connectivity index (χ3n) is 6.89. The number of methoxy groups -OCH3 is 2. The number of thiocarbonyl (C=S) groups is 1. The monoisotopic (exact) mass is 599 g/mol. The lowest BCUT2D eigenvalue weighted by atomic mass is 10.1. The normalized spacial score (nSPS) is 14.1.